The number of para-hydroxylation sites is 1. The summed E-state index contributed by atoms with van der Waals surface area (Å²) >= 11 is 0. The fraction of sp³-hybridized carbons (Fsp3) is 0.179. The van der Waals surface area contributed by atoms with Gasteiger partial charge in [-0.1, -0.05) is 42.5 Å². The minimum absolute atomic E-state index is 0.272. The quantitative estimate of drug-likeness (QED) is 0.592. The molecule has 3 aliphatic heterocycles. The third kappa shape index (κ3) is 3.23. The van der Waals surface area contributed by atoms with Crippen LogP contribution >= 0.6 is 0 Å². The van der Waals surface area contributed by atoms with Crippen LogP contribution in [0.15, 0.2) is 85.1 Å². The van der Waals surface area contributed by atoms with Crippen LogP contribution in [0.1, 0.15) is 17.2 Å². The van der Waals surface area contributed by atoms with Gasteiger partial charge in [0.2, 0.25) is 17.7 Å². The summed E-state index contributed by atoms with van der Waals surface area (Å²) in [6, 6.07) is 22.5. The Labute approximate surface area is 202 Å². The number of benzene rings is 3. The van der Waals surface area contributed by atoms with Gasteiger partial charge < -0.3 is 15.0 Å². The maximum atomic E-state index is 13.8. The fourth-order valence-corrected chi connectivity index (χ4v) is 5.58. The van der Waals surface area contributed by atoms with Crippen molar-refractivity contribution in [2.24, 2.45) is 11.8 Å². The van der Waals surface area contributed by atoms with Gasteiger partial charge in [-0.05, 0) is 53.6 Å². The molecule has 0 spiro atoms. The number of carbonyl (C=O) groups is 3. The number of imide groups is 1. The van der Waals surface area contributed by atoms with Gasteiger partial charge in [-0.15, -0.1) is 0 Å². The van der Waals surface area contributed by atoms with Gasteiger partial charge in [0.1, 0.15) is 11.8 Å². The van der Waals surface area contributed by atoms with Gasteiger partial charge in [0.15, 0.2) is 0 Å². The summed E-state index contributed by atoms with van der Waals surface area (Å²) in [6.07, 6.45) is 3.78. The number of methoxy groups -OCH3 is 1. The highest BCUT2D eigenvalue weighted by molar-refractivity contribution is 6.24. The molecule has 35 heavy (non-hydrogen) atoms. The van der Waals surface area contributed by atoms with Crippen LogP contribution in [0.2, 0.25) is 0 Å². The first kappa shape index (κ1) is 21.2. The monoisotopic (exact) mass is 465 g/mol. The average Bonchev–Trinajstić information content (AvgIpc) is 3.37. The van der Waals surface area contributed by atoms with Crippen molar-refractivity contribution in [3.8, 4) is 5.75 Å². The molecule has 3 aliphatic rings. The van der Waals surface area contributed by atoms with Crippen LogP contribution in [-0.4, -0.2) is 35.8 Å². The Bertz CT molecular complexity index is 1350. The van der Waals surface area contributed by atoms with Crippen molar-refractivity contribution in [3.63, 3.8) is 0 Å². The van der Waals surface area contributed by atoms with Crippen molar-refractivity contribution in [1.82, 2.24) is 4.90 Å². The number of rotatable bonds is 4. The molecule has 2 saturated heterocycles. The number of nitrogens with zero attached hydrogens (tertiary/aromatic N) is 2. The molecule has 0 aliphatic carbocycles. The lowest BCUT2D eigenvalue weighted by Gasteiger charge is -2.35. The Morgan fingerprint density at radius 2 is 1.54 bits per heavy atom. The summed E-state index contributed by atoms with van der Waals surface area (Å²) in [6.45, 7) is 0. The van der Waals surface area contributed by atoms with Crippen LogP contribution in [0.25, 0.3) is 6.08 Å². The zero-order valence-electron chi connectivity index (χ0n) is 19.0. The normalized spacial score (nSPS) is 24.1. The van der Waals surface area contributed by atoms with E-state index in [4.69, 9.17) is 4.74 Å². The van der Waals surface area contributed by atoms with Crippen LogP contribution < -0.4 is 15.0 Å². The zero-order valence-corrected chi connectivity index (χ0v) is 19.0. The van der Waals surface area contributed by atoms with Gasteiger partial charge in [0, 0.05) is 11.9 Å². The summed E-state index contributed by atoms with van der Waals surface area (Å²) in [5.74, 6) is -1.74. The molecule has 0 unspecified atom stereocenters. The highest BCUT2D eigenvalue weighted by atomic mass is 16.5. The van der Waals surface area contributed by atoms with E-state index < -0.39 is 23.9 Å². The Kier molecular flexibility index (Phi) is 4.91. The standard InChI is InChI=1S/C28H23N3O4/c1-35-20-13-11-18(12-14-20)29-26(32)25-23-22(24-21-10-6-5-7-17(21)15-16-30(24)25)27(33)31(28(23)34)19-8-3-2-4-9-19/h2-16,22-25H,1H3,(H,29,32)/t22-,23-,24+,25+/m1/s1. The van der Waals surface area contributed by atoms with Crippen molar-refractivity contribution in [1.29, 1.82) is 0 Å². The number of nitrogens with one attached hydrogen (secondary N) is 1. The Hall–Kier alpha value is -4.39. The van der Waals surface area contributed by atoms with E-state index in [-0.39, 0.29) is 17.7 Å². The Morgan fingerprint density at radius 1 is 0.857 bits per heavy atom. The molecule has 3 amide bonds. The second-order valence-corrected chi connectivity index (χ2v) is 8.90. The SMILES string of the molecule is COc1ccc(NC(=O)[C@@H]2[C@@H]3C(=O)N(c4ccccc4)C(=O)[C@H]3[C@@H]3c4ccccc4C=CN23)cc1. The molecular weight excluding hydrogens is 442 g/mol. The number of amides is 3. The summed E-state index contributed by atoms with van der Waals surface area (Å²) in [4.78, 5) is 44.3. The minimum atomic E-state index is -0.832. The Morgan fingerprint density at radius 3 is 2.29 bits per heavy atom. The van der Waals surface area contributed by atoms with Crippen molar-refractivity contribution in [2.75, 3.05) is 17.3 Å². The number of carbonyl (C=O) groups excluding carboxylic acids is 3. The molecule has 3 aromatic carbocycles. The molecule has 0 aromatic heterocycles. The maximum Gasteiger partial charge on any atom is 0.247 e. The van der Waals surface area contributed by atoms with Gasteiger partial charge in [-0.25, -0.2) is 4.90 Å². The van der Waals surface area contributed by atoms with E-state index in [1.165, 1.54) is 4.90 Å². The molecule has 7 nitrogen and oxygen atoms in total. The predicted molar refractivity (Wildman–Crippen MR) is 131 cm³/mol. The van der Waals surface area contributed by atoms with E-state index in [9.17, 15) is 14.4 Å². The third-order valence-corrected chi connectivity index (χ3v) is 7.10. The number of ether oxygens (including phenoxy) is 1. The largest absolute Gasteiger partial charge is 0.497 e. The summed E-state index contributed by atoms with van der Waals surface area (Å²) < 4.78 is 5.20. The van der Waals surface area contributed by atoms with E-state index >= 15 is 0 Å². The number of fused-ring (bicyclic) bond motifs is 5. The fourth-order valence-electron chi connectivity index (χ4n) is 5.58. The van der Waals surface area contributed by atoms with Crippen molar-refractivity contribution in [3.05, 3.63) is 96.2 Å². The maximum absolute atomic E-state index is 13.8. The highest BCUT2D eigenvalue weighted by Gasteiger charge is 2.64. The van der Waals surface area contributed by atoms with E-state index in [2.05, 4.69) is 5.32 Å². The minimum Gasteiger partial charge on any atom is -0.497 e. The molecule has 1 N–H and O–H groups in total. The lowest BCUT2D eigenvalue weighted by Crippen LogP contribution is -2.46. The topological polar surface area (TPSA) is 79.0 Å². The van der Waals surface area contributed by atoms with E-state index in [0.717, 1.165) is 11.1 Å². The molecular formula is C28H23N3O4. The van der Waals surface area contributed by atoms with Crippen LogP contribution in [0, 0.1) is 11.8 Å². The first-order valence-electron chi connectivity index (χ1n) is 11.5. The molecule has 4 atom stereocenters. The summed E-state index contributed by atoms with van der Waals surface area (Å²) in [7, 11) is 1.58. The molecule has 0 saturated carbocycles. The smallest absolute Gasteiger partial charge is 0.247 e. The lowest BCUT2D eigenvalue weighted by molar-refractivity contribution is -0.128. The first-order valence-corrected chi connectivity index (χ1v) is 11.5. The highest BCUT2D eigenvalue weighted by Crippen LogP contribution is 2.53. The van der Waals surface area contributed by atoms with Crippen molar-refractivity contribution >= 4 is 35.2 Å². The van der Waals surface area contributed by atoms with Gasteiger partial charge >= 0.3 is 0 Å². The second-order valence-electron chi connectivity index (χ2n) is 8.90. The summed E-state index contributed by atoms with van der Waals surface area (Å²) in [5.41, 5.74) is 3.05. The molecule has 7 heteroatoms. The first-order chi connectivity index (χ1) is 17.1. The zero-order chi connectivity index (χ0) is 24.1. The Balaban J connectivity index is 1.42. The van der Waals surface area contributed by atoms with Crippen LogP contribution in [0.3, 0.4) is 0 Å². The number of hydrogen-bond acceptors (Lipinski definition) is 5. The van der Waals surface area contributed by atoms with Crippen LogP contribution in [0.5, 0.6) is 5.75 Å². The number of hydrogen-bond donors (Lipinski definition) is 1. The molecule has 0 bridgehead atoms. The third-order valence-electron chi connectivity index (χ3n) is 7.10. The lowest BCUT2D eigenvalue weighted by atomic mass is 9.84. The molecule has 3 aromatic rings. The predicted octanol–water partition coefficient (Wildman–Crippen LogP) is 3.85. The molecule has 0 radical (unpaired) electrons. The van der Waals surface area contributed by atoms with Gasteiger partial charge in [-0.2, -0.15) is 0 Å². The van der Waals surface area contributed by atoms with Gasteiger partial charge in [0.25, 0.3) is 0 Å². The van der Waals surface area contributed by atoms with E-state index in [1.54, 1.807) is 55.6 Å². The average molecular weight is 466 g/mol. The van der Waals surface area contributed by atoms with E-state index in [0.29, 0.717) is 17.1 Å². The van der Waals surface area contributed by atoms with Gasteiger partial charge in [-0.3, -0.25) is 14.4 Å². The van der Waals surface area contributed by atoms with E-state index in [1.807, 2.05) is 47.5 Å². The summed E-state index contributed by atoms with van der Waals surface area (Å²) in [5, 5.41) is 2.94. The van der Waals surface area contributed by atoms with Crippen LogP contribution in [0.4, 0.5) is 11.4 Å². The number of anilines is 2. The molecule has 6 rings (SSSR count). The van der Waals surface area contributed by atoms with Crippen molar-refractivity contribution in [2.45, 2.75) is 12.1 Å². The van der Waals surface area contributed by atoms with Crippen molar-refractivity contribution < 1.29 is 19.1 Å². The second kappa shape index (κ2) is 8.13. The van der Waals surface area contributed by atoms with Crippen LogP contribution in [-0.2, 0) is 14.4 Å². The molecule has 3 heterocycles. The van der Waals surface area contributed by atoms with Gasteiger partial charge in [0.05, 0.1) is 30.7 Å². The molecule has 174 valence electrons. The molecule has 2 fully saturated rings.